The molecule has 3 nitrogen and oxygen atoms in total. The van der Waals surface area contributed by atoms with Crippen LogP contribution >= 0.6 is 0 Å². The predicted molar refractivity (Wildman–Crippen MR) is 83.7 cm³/mol. The molecule has 0 bridgehead atoms. The molecule has 0 aliphatic heterocycles. The molecule has 1 aromatic heterocycles. The lowest BCUT2D eigenvalue weighted by molar-refractivity contribution is 0.320. The summed E-state index contributed by atoms with van der Waals surface area (Å²) in [5, 5.41) is 11.4. The minimum Gasteiger partial charge on any atom is -0.504 e. The molecule has 0 saturated carbocycles. The fraction of sp³-hybridized carbons (Fsp3) is 0.167. The van der Waals surface area contributed by atoms with Crippen molar-refractivity contribution in [3.63, 3.8) is 0 Å². The highest BCUT2D eigenvalue weighted by Crippen LogP contribution is 2.35. The molecule has 0 aliphatic rings. The summed E-state index contributed by atoms with van der Waals surface area (Å²) >= 11 is 0. The summed E-state index contributed by atoms with van der Waals surface area (Å²) in [6.45, 7) is 2.20. The molecule has 0 aliphatic carbocycles. The number of rotatable bonds is 4. The topological polar surface area (TPSA) is 42.4 Å². The maximum Gasteiger partial charge on any atom is 0.194 e. The smallest absolute Gasteiger partial charge is 0.194 e. The molecule has 0 saturated heterocycles. The number of aromatic hydroxyl groups is 1. The van der Waals surface area contributed by atoms with E-state index < -0.39 is 17.5 Å². The lowest BCUT2D eigenvalue weighted by atomic mass is 10.00. The van der Waals surface area contributed by atoms with Crippen molar-refractivity contribution >= 4 is 10.8 Å². The number of hydrogen-bond acceptors (Lipinski definition) is 3. The molecular formula is C18H14F3NO2. The molecule has 0 spiro atoms. The van der Waals surface area contributed by atoms with Gasteiger partial charge in [-0.3, -0.25) is 4.98 Å². The van der Waals surface area contributed by atoms with Gasteiger partial charge in [0.15, 0.2) is 29.0 Å². The first-order chi connectivity index (χ1) is 11.5. The van der Waals surface area contributed by atoms with Crippen LogP contribution in [0.5, 0.6) is 11.5 Å². The van der Waals surface area contributed by atoms with Gasteiger partial charge in [-0.2, -0.15) is 0 Å². The highest BCUT2D eigenvalue weighted by atomic mass is 19.2. The van der Waals surface area contributed by atoms with E-state index in [0.717, 1.165) is 12.1 Å². The second-order valence-electron chi connectivity index (χ2n) is 5.29. The van der Waals surface area contributed by atoms with E-state index in [9.17, 15) is 18.3 Å². The van der Waals surface area contributed by atoms with Gasteiger partial charge in [-0.25, -0.2) is 13.2 Å². The van der Waals surface area contributed by atoms with Crippen LogP contribution in [-0.2, 0) is 6.42 Å². The van der Waals surface area contributed by atoms with Gasteiger partial charge in [-0.15, -0.1) is 0 Å². The second kappa shape index (κ2) is 6.39. The van der Waals surface area contributed by atoms with Crippen LogP contribution in [0.1, 0.15) is 18.1 Å². The molecule has 6 heteroatoms. The highest BCUT2D eigenvalue weighted by molar-refractivity contribution is 5.92. The number of benzene rings is 2. The minimum atomic E-state index is -1.49. The molecular weight excluding hydrogens is 319 g/mol. The van der Waals surface area contributed by atoms with E-state index in [1.54, 1.807) is 25.3 Å². The molecule has 0 amide bonds. The number of hydrogen-bond donors (Lipinski definition) is 1. The average Bonchev–Trinajstić information content (AvgIpc) is 2.56. The Balaban J connectivity index is 2.06. The van der Waals surface area contributed by atoms with Crippen molar-refractivity contribution in [2.75, 3.05) is 6.61 Å². The summed E-state index contributed by atoms with van der Waals surface area (Å²) in [4.78, 5) is 4.06. The van der Waals surface area contributed by atoms with Gasteiger partial charge in [0.05, 0.1) is 6.61 Å². The van der Waals surface area contributed by atoms with E-state index >= 15 is 0 Å². The van der Waals surface area contributed by atoms with Crippen LogP contribution in [0.3, 0.4) is 0 Å². The number of pyridine rings is 1. The largest absolute Gasteiger partial charge is 0.504 e. The monoisotopic (exact) mass is 333 g/mol. The van der Waals surface area contributed by atoms with Crippen LogP contribution in [0.2, 0.25) is 0 Å². The van der Waals surface area contributed by atoms with Gasteiger partial charge >= 0.3 is 0 Å². The molecule has 0 radical (unpaired) electrons. The second-order valence-corrected chi connectivity index (χ2v) is 5.29. The first-order valence-electron chi connectivity index (χ1n) is 7.36. The van der Waals surface area contributed by atoms with E-state index in [1.165, 1.54) is 6.20 Å². The third kappa shape index (κ3) is 2.87. The summed E-state index contributed by atoms with van der Waals surface area (Å²) in [6.07, 6.45) is 3.18. The Morgan fingerprint density at radius 1 is 1.04 bits per heavy atom. The third-order valence-corrected chi connectivity index (χ3v) is 3.70. The first kappa shape index (κ1) is 16.1. The zero-order chi connectivity index (χ0) is 17.3. The fourth-order valence-corrected chi connectivity index (χ4v) is 2.61. The van der Waals surface area contributed by atoms with E-state index in [4.69, 9.17) is 4.74 Å². The summed E-state index contributed by atoms with van der Waals surface area (Å²) < 4.78 is 45.1. The van der Waals surface area contributed by atoms with Gasteiger partial charge < -0.3 is 9.84 Å². The van der Waals surface area contributed by atoms with Crippen molar-refractivity contribution in [2.24, 2.45) is 0 Å². The maximum atomic E-state index is 13.4. The fourth-order valence-electron chi connectivity index (χ4n) is 2.61. The van der Waals surface area contributed by atoms with E-state index in [1.807, 2.05) is 0 Å². The molecule has 2 aromatic carbocycles. The Morgan fingerprint density at radius 3 is 2.42 bits per heavy atom. The van der Waals surface area contributed by atoms with Crippen LogP contribution in [-0.4, -0.2) is 16.7 Å². The van der Waals surface area contributed by atoms with Gasteiger partial charge in [0.2, 0.25) is 0 Å². The van der Waals surface area contributed by atoms with Crippen LogP contribution in [0.4, 0.5) is 13.2 Å². The lowest BCUT2D eigenvalue weighted by Gasteiger charge is -2.11. The molecule has 3 aromatic rings. The Hall–Kier alpha value is -2.76. The number of phenolic OH excluding ortho intramolecular Hbond substituents is 1. The first-order valence-corrected chi connectivity index (χ1v) is 7.36. The summed E-state index contributed by atoms with van der Waals surface area (Å²) in [5.74, 6) is -3.67. The number of nitrogens with zero attached hydrogens (tertiary/aromatic N) is 1. The van der Waals surface area contributed by atoms with Crippen LogP contribution in [0.15, 0.2) is 36.7 Å². The Morgan fingerprint density at radius 2 is 1.75 bits per heavy atom. The minimum absolute atomic E-state index is 0.0415. The van der Waals surface area contributed by atoms with Crippen molar-refractivity contribution in [2.45, 2.75) is 13.3 Å². The quantitative estimate of drug-likeness (QED) is 0.722. The average molecular weight is 333 g/mol. The lowest BCUT2D eigenvalue weighted by Crippen LogP contribution is -1.98. The number of halogens is 3. The normalized spacial score (nSPS) is 11.0. The predicted octanol–water partition coefficient (Wildman–Crippen LogP) is 4.35. The van der Waals surface area contributed by atoms with Crippen molar-refractivity contribution in [3.05, 3.63) is 65.2 Å². The summed E-state index contributed by atoms with van der Waals surface area (Å²) in [6, 6.07) is 5.27. The van der Waals surface area contributed by atoms with Crippen molar-refractivity contribution in [1.29, 1.82) is 0 Å². The van der Waals surface area contributed by atoms with Crippen molar-refractivity contribution < 1.29 is 23.0 Å². The van der Waals surface area contributed by atoms with Gasteiger partial charge in [0, 0.05) is 17.8 Å². The standard InChI is InChI=1S/C18H14F3NO2/c1-2-24-16-4-3-12-11(8-22-9-13(12)18(16)23)5-10-6-14(19)17(21)15(20)7-10/h3-4,6-9,23H,2,5H2,1H3. The number of aromatic nitrogens is 1. The van der Waals surface area contributed by atoms with Crippen molar-refractivity contribution in [3.8, 4) is 11.5 Å². The Kier molecular flexibility index (Phi) is 4.29. The van der Waals surface area contributed by atoms with Crippen molar-refractivity contribution in [1.82, 2.24) is 4.98 Å². The molecule has 0 unspecified atom stereocenters. The van der Waals surface area contributed by atoms with Gasteiger partial charge in [-0.1, -0.05) is 6.07 Å². The summed E-state index contributed by atoms with van der Waals surface area (Å²) in [5.41, 5.74) is 0.922. The third-order valence-electron chi connectivity index (χ3n) is 3.70. The van der Waals surface area contributed by atoms with Crippen LogP contribution < -0.4 is 4.74 Å². The zero-order valence-corrected chi connectivity index (χ0v) is 12.8. The highest BCUT2D eigenvalue weighted by Gasteiger charge is 2.14. The van der Waals surface area contributed by atoms with Crippen LogP contribution in [0, 0.1) is 17.5 Å². The van der Waals surface area contributed by atoms with Gasteiger partial charge in [0.1, 0.15) is 0 Å². The molecule has 1 N–H and O–H groups in total. The Labute approximate surface area is 136 Å². The SMILES string of the molecule is CCOc1ccc2c(Cc3cc(F)c(F)c(F)c3)cncc2c1O. The van der Waals surface area contributed by atoms with E-state index in [0.29, 0.717) is 28.7 Å². The molecule has 0 fully saturated rings. The Bertz CT molecular complexity index is 889. The molecule has 124 valence electrons. The number of ether oxygens (including phenoxy) is 1. The molecule has 24 heavy (non-hydrogen) atoms. The zero-order valence-electron chi connectivity index (χ0n) is 12.8. The molecule has 0 atom stereocenters. The number of fused-ring (bicyclic) bond motifs is 1. The maximum absolute atomic E-state index is 13.4. The van der Waals surface area contributed by atoms with Gasteiger partial charge in [-0.05, 0) is 48.1 Å². The van der Waals surface area contributed by atoms with Gasteiger partial charge in [0.25, 0.3) is 0 Å². The van der Waals surface area contributed by atoms with E-state index in [-0.39, 0.29) is 17.7 Å². The van der Waals surface area contributed by atoms with Crippen LogP contribution in [0.25, 0.3) is 10.8 Å². The summed E-state index contributed by atoms with van der Waals surface area (Å²) in [7, 11) is 0. The molecule has 1 heterocycles. The van der Waals surface area contributed by atoms with E-state index in [2.05, 4.69) is 4.98 Å². The molecule has 3 rings (SSSR count). The number of phenols is 1.